The summed E-state index contributed by atoms with van der Waals surface area (Å²) in [7, 11) is 0. The monoisotopic (exact) mass is 324 g/mol. The van der Waals surface area contributed by atoms with Crippen LogP contribution in [0.2, 0.25) is 0 Å². The van der Waals surface area contributed by atoms with E-state index in [2.05, 4.69) is 20.9 Å². The largest absolute Gasteiger partial charge is 0.388 e. The van der Waals surface area contributed by atoms with Crippen LogP contribution in [0, 0.1) is 0 Å². The van der Waals surface area contributed by atoms with Gasteiger partial charge in [0, 0.05) is 4.47 Å². The second-order valence-corrected chi connectivity index (χ2v) is 5.60. The van der Waals surface area contributed by atoms with Crippen molar-refractivity contribution in [1.29, 1.82) is 0 Å². The maximum atomic E-state index is 12.4. The van der Waals surface area contributed by atoms with Crippen LogP contribution >= 0.6 is 15.9 Å². The molecule has 1 aromatic carbocycles. The molecule has 0 aliphatic carbocycles. The first-order chi connectivity index (χ1) is 9.00. The summed E-state index contributed by atoms with van der Waals surface area (Å²) in [6.45, 7) is 4.10. The van der Waals surface area contributed by atoms with E-state index in [9.17, 15) is 9.90 Å². The minimum Gasteiger partial charge on any atom is -0.388 e. The molecule has 0 saturated heterocycles. The van der Waals surface area contributed by atoms with Crippen LogP contribution in [0.15, 0.2) is 33.8 Å². The predicted octanol–water partition coefficient (Wildman–Crippen LogP) is 2.71. The molecule has 2 aromatic rings. The van der Waals surface area contributed by atoms with E-state index in [-0.39, 0.29) is 12.1 Å². The second kappa shape index (κ2) is 5.43. The standard InChI is InChI=1S/C14H17BrN2O2/c1-3-14(19,4-2)8-17-9-16-12-10(13(17)18)6-5-7-11(12)15/h5-7,9,19H,3-4,8H2,1-2H3. The first-order valence-corrected chi connectivity index (χ1v) is 7.16. The number of benzene rings is 1. The maximum Gasteiger partial charge on any atom is 0.261 e. The van der Waals surface area contributed by atoms with Crippen LogP contribution in [-0.4, -0.2) is 20.3 Å². The van der Waals surface area contributed by atoms with Crippen molar-refractivity contribution in [3.63, 3.8) is 0 Å². The number of aliphatic hydroxyl groups is 1. The van der Waals surface area contributed by atoms with Crippen molar-refractivity contribution in [3.05, 3.63) is 39.4 Å². The molecule has 2 rings (SSSR count). The van der Waals surface area contributed by atoms with Crippen molar-refractivity contribution in [2.75, 3.05) is 0 Å². The molecule has 0 fully saturated rings. The lowest BCUT2D eigenvalue weighted by molar-refractivity contribution is 0.0140. The molecule has 102 valence electrons. The van der Waals surface area contributed by atoms with E-state index in [4.69, 9.17) is 0 Å². The van der Waals surface area contributed by atoms with Gasteiger partial charge in [-0.05, 0) is 40.9 Å². The number of rotatable bonds is 4. The molecule has 19 heavy (non-hydrogen) atoms. The van der Waals surface area contributed by atoms with Crippen molar-refractivity contribution in [2.24, 2.45) is 0 Å². The molecule has 4 nitrogen and oxygen atoms in total. The fourth-order valence-electron chi connectivity index (χ4n) is 2.06. The molecular formula is C14H17BrN2O2. The van der Waals surface area contributed by atoms with Crippen LogP contribution in [0.5, 0.6) is 0 Å². The molecule has 5 heteroatoms. The van der Waals surface area contributed by atoms with Gasteiger partial charge in [0.05, 0.1) is 29.4 Å². The summed E-state index contributed by atoms with van der Waals surface area (Å²) in [6.07, 6.45) is 2.71. The number of nitrogens with zero attached hydrogens (tertiary/aromatic N) is 2. The first-order valence-electron chi connectivity index (χ1n) is 6.37. The zero-order valence-corrected chi connectivity index (χ0v) is 12.6. The molecule has 0 radical (unpaired) electrons. The fourth-order valence-corrected chi connectivity index (χ4v) is 2.53. The summed E-state index contributed by atoms with van der Waals surface area (Å²) in [5, 5.41) is 10.9. The highest BCUT2D eigenvalue weighted by atomic mass is 79.9. The van der Waals surface area contributed by atoms with Gasteiger partial charge < -0.3 is 5.11 Å². The van der Waals surface area contributed by atoms with Gasteiger partial charge in [-0.15, -0.1) is 0 Å². The molecule has 1 heterocycles. The zero-order chi connectivity index (χ0) is 14.0. The number of fused-ring (bicyclic) bond motifs is 1. The minimum absolute atomic E-state index is 0.119. The molecule has 0 amide bonds. The number of para-hydroxylation sites is 1. The lowest BCUT2D eigenvalue weighted by Crippen LogP contribution is -2.37. The Morgan fingerprint density at radius 1 is 1.37 bits per heavy atom. The lowest BCUT2D eigenvalue weighted by atomic mass is 9.97. The van der Waals surface area contributed by atoms with Gasteiger partial charge in [0.25, 0.3) is 5.56 Å². The van der Waals surface area contributed by atoms with E-state index in [1.165, 1.54) is 10.9 Å². The summed E-state index contributed by atoms with van der Waals surface area (Å²) in [4.78, 5) is 16.7. The third-order valence-corrected chi connectivity index (χ3v) is 4.23. The fraction of sp³-hybridized carbons (Fsp3) is 0.429. The predicted molar refractivity (Wildman–Crippen MR) is 79.2 cm³/mol. The average molecular weight is 325 g/mol. The van der Waals surface area contributed by atoms with E-state index in [0.717, 1.165) is 4.47 Å². The Kier molecular flexibility index (Phi) is 4.06. The molecule has 0 bridgehead atoms. The Bertz CT molecular complexity index is 647. The Balaban J connectivity index is 2.53. The number of aromatic nitrogens is 2. The SMILES string of the molecule is CCC(O)(CC)Cn1cnc2c(Br)cccc2c1=O. The second-order valence-electron chi connectivity index (χ2n) is 4.75. The van der Waals surface area contributed by atoms with Gasteiger partial charge in [-0.1, -0.05) is 19.9 Å². The molecule has 1 N–H and O–H groups in total. The van der Waals surface area contributed by atoms with E-state index in [0.29, 0.717) is 23.7 Å². The van der Waals surface area contributed by atoms with Crippen molar-refractivity contribution in [3.8, 4) is 0 Å². The summed E-state index contributed by atoms with van der Waals surface area (Å²) in [6, 6.07) is 5.42. The topological polar surface area (TPSA) is 55.1 Å². The Labute approximate surface area is 120 Å². The average Bonchev–Trinajstić information content (AvgIpc) is 2.42. The van der Waals surface area contributed by atoms with Gasteiger partial charge >= 0.3 is 0 Å². The van der Waals surface area contributed by atoms with Gasteiger partial charge in [-0.25, -0.2) is 4.98 Å². The van der Waals surface area contributed by atoms with Crippen LogP contribution in [0.4, 0.5) is 0 Å². The molecule has 0 aliphatic rings. The number of hydrogen-bond donors (Lipinski definition) is 1. The van der Waals surface area contributed by atoms with Gasteiger partial charge in [0.2, 0.25) is 0 Å². The van der Waals surface area contributed by atoms with Crippen LogP contribution in [-0.2, 0) is 6.54 Å². The Morgan fingerprint density at radius 3 is 2.68 bits per heavy atom. The zero-order valence-electron chi connectivity index (χ0n) is 11.1. The van der Waals surface area contributed by atoms with E-state index in [1.54, 1.807) is 6.07 Å². The summed E-state index contributed by atoms with van der Waals surface area (Å²) in [5.74, 6) is 0. The highest BCUT2D eigenvalue weighted by Gasteiger charge is 2.23. The van der Waals surface area contributed by atoms with E-state index < -0.39 is 5.60 Å². The van der Waals surface area contributed by atoms with Crippen LogP contribution in [0.25, 0.3) is 10.9 Å². The molecule has 1 aromatic heterocycles. The molecule has 0 unspecified atom stereocenters. The smallest absolute Gasteiger partial charge is 0.261 e. The third-order valence-electron chi connectivity index (χ3n) is 3.59. The molecule has 0 saturated carbocycles. The quantitative estimate of drug-likeness (QED) is 0.940. The van der Waals surface area contributed by atoms with Gasteiger partial charge in [0.1, 0.15) is 0 Å². The van der Waals surface area contributed by atoms with Gasteiger partial charge in [-0.2, -0.15) is 0 Å². The number of halogens is 1. The van der Waals surface area contributed by atoms with Crippen LogP contribution < -0.4 is 5.56 Å². The van der Waals surface area contributed by atoms with Crippen molar-refractivity contribution in [1.82, 2.24) is 9.55 Å². The third kappa shape index (κ3) is 2.72. The van der Waals surface area contributed by atoms with Gasteiger partial charge in [-0.3, -0.25) is 9.36 Å². The van der Waals surface area contributed by atoms with Crippen molar-refractivity contribution in [2.45, 2.75) is 38.8 Å². The Hall–Kier alpha value is -1.20. The normalized spacial score (nSPS) is 12.0. The number of hydrogen-bond acceptors (Lipinski definition) is 3. The molecular weight excluding hydrogens is 308 g/mol. The van der Waals surface area contributed by atoms with Crippen LogP contribution in [0.3, 0.4) is 0 Å². The molecule has 0 atom stereocenters. The molecule has 0 spiro atoms. The highest BCUT2D eigenvalue weighted by molar-refractivity contribution is 9.10. The summed E-state index contributed by atoms with van der Waals surface area (Å²) in [5.41, 5.74) is -0.322. The Morgan fingerprint density at radius 2 is 2.05 bits per heavy atom. The molecule has 0 aliphatic heterocycles. The highest BCUT2D eigenvalue weighted by Crippen LogP contribution is 2.20. The lowest BCUT2D eigenvalue weighted by Gasteiger charge is -2.25. The van der Waals surface area contributed by atoms with Crippen molar-refractivity contribution < 1.29 is 5.11 Å². The minimum atomic E-state index is -0.856. The first kappa shape index (κ1) is 14.2. The van der Waals surface area contributed by atoms with E-state index in [1.807, 2.05) is 26.0 Å². The van der Waals surface area contributed by atoms with Crippen LogP contribution in [0.1, 0.15) is 26.7 Å². The van der Waals surface area contributed by atoms with Crippen molar-refractivity contribution >= 4 is 26.8 Å². The summed E-state index contributed by atoms with van der Waals surface area (Å²) >= 11 is 3.38. The maximum absolute atomic E-state index is 12.4. The van der Waals surface area contributed by atoms with Gasteiger partial charge in [0.15, 0.2) is 0 Å². The van der Waals surface area contributed by atoms with E-state index >= 15 is 0 Å². The summed E-state index contributed by atoms with van der Waals surface area (Å²) < 4.78 is 2.29.